The molecule has 7 nitrogen and oxygen atoms in total. The van der Waals surface area contributed by atoms with Crippen LogP contribution < -0.4 is 0 Å². The van der Waals surface area contributed by atoms with Crippen molar-refractivity contribution >= 4 is 34.8 Å². The standard InChI is InChI=1S/C25H25ClN2O5/c1-27-22(17-5-3-2-4-6-17)20-21(24(27)30)23(18-7-9-19(26)10-8-18)28(25(20)31)11-13-32-15-16-33-14-12-29/h2-10,29H,11-16H2,1H3. The topological polar surface area (TPSA) is 79.3 Å². The summed E-state index contributed by atoms with van der Waals surface area (Å²) in [5.74, 6) is -0.449. The Labute approximate surface area is 197 Å². The molecule has 2 aliphatic rings. The third-order valence-electron chi connectivity index (χ3n) is 5.54. The van der Waals surface area contributed by atoms with Gasteiger partial charge in [-0.15, -0.1) is 0 Å². The Hall–Kier alpha value is -2.97. The first-order valence-electron chi connectivity index (χ1n) is 10.7. The van der Waals surface area contributed by atoms with E-state index in [1.165, 1.54) is 0 Å². The van der Waals surface area contributed by atoms with Gasteiger partial charge in [0, 0.05) is 18.6 Å². The first-order valence-corrected chi connectivity index (χ1v) is 11.1. The molecule has 2 heterocycles. The van der Waals surface area contributed by atoms with Gasteiger partial charge in [-0.2, -0.15) is 0 Å². The normalized spacial score (nSPS) is 15.8. The molecule has 0 aromatic heterocycles. The average molecular weight is 469 g/mol. The number of aliphatic hydroxyl groups is 1. The summed E-state index contributed by atoms with van der Waals surface area (Å²) in [4.78, 5) is 30.1. The molecule has 4 rings (SSSR count). The molecule has 0 aliphatic carbocycles. The van der Waals surface area contributed by atoms with E-state index in [1.54, 1.807) is 29.0 Å². The van der Waals surface area contributed by atoms with E-state index in [4.69, 9.17) is 26.2 Å². The van der Waals surface area contributed by atoms with Crippen LogP contribution in [0.15, 0.2) is 65.7 Å². The monoisotopic (exact) mass is 468 g/mol. The van der Waals surface area contributed by atoms with E-state index in [1.807, 2.05) is 42.5 Å². The number of aliphatic hydroxyl groups excluding tert-OH is 1. The molecule has 0 unspecified atom stereocenters. The average Bonchev–Trinajstić information content (AvgIpc) is 3.25. The molecule has 1 N–H and O–H groups in total. The summed E-state index contributed by atoms with van der Waals surface area (Å²) in [6.45, 7) is 1.47. The van der Waals surface area contributed by atoms with Gasteiger partial charge in [-0.05, 0) is 23.3 Å². The minimum Gasteiger partial charge on any atom is -0.394 e. The van der Waals surface area contributed by atoms with Crippen molar-refractivity contribution in [3.05, 3.63) is 81.9 Å². The van der Waals surface area contributed by atoms with Gasteiger partial charge in [-0.3, -0.25) is 9.59 Å². The van der Waals surface area contributed by atoms with Gasteiger partial charge in [0.1, 0.15) is 0 Å². The third kappa shape index (κ3) is 4.58. The molecule has 0 radical (unpaired) electrons. The van der Waals surface area contributed by atoms with E-state index in [0.717, 1.165) is 11.1 Å². The van der Waals surface area contributed by atoms with E-state index in [-0.39, 0.29) is 38.2 Å². The smallest absolute Gasteiger partial charge is 0.261 e. The number of fused-ring (bicyclic) bond motifs is 1. The molecule has 8 heteroatoms. The van der Waals surface area contributed by atoms with Gasteiger partial charge >= 0.3 is 0 Å². The Balaban J connectivity index is 1.69. The van der Waals surface area contributed by atoms with Gasteiger partial charge in [-0.1, -0.05) is 54.1 Å². The van der Waals surface area contributed by atoms with Crippen LogP contribution in [0.25, 0.3) is 11.4 Å². The Kier molecular flexibility index (Phi) is 7.25. The fourth-order valence-electron chi connectivity index (χ4n) is 4.06. The van der Waals surface area contributed by atoms with Crippen LogP contribution in [0.1, 0.15) is 11.1 Å². The zero-order chi connectivity index (χ0) is 23.4. The van der Waals surface area contributed by atoms with Crippen LogP contribution >= 0.6 is 11.6 Å². The van der Waals surface area contributed by atoms with Gasteiger partial charge in [0.25, 0.3) is 11.8 Å². The molecule has 0 bridgehead atoms. The molecule has 2 amide bonds. The van der Waals surface area contributed by atoms with E-state index in [2.05, 4.69) is 0 Å². The number of halogens is 1. The largest absolute Gasteiger partial charge is 0.394 e. The Morgan fingerprint density at radius 1 is 0.788 bits per heavy atom. The lowest BCUT2D eigenvalue weighted by atomic mass is 10.0. The first kappa shape index (κ1) is 23.2. The lowest BCUT2D eigenvalue weighted by Crippen LogP contribution is -2.31. The second-order valence-electron chi connectivity index (χ2n) is 7.59. The van der Waals surface area contributed by atoms with Crippen LogP contribution in [0.3, 0.4) is 0 Å². The van der Waals surface area contributed by atoms with Crippen molar-refractivity contribution in [1.82, 2.24) is 9.80 Å². The molecular formula is C25H25ClN2O5. The molecule has 0 atom stereocenters. The molecule has 33 heavy (non-hydrogen) atoms. The number of ether oxygens (including phenoxy) is 2. The number of hydrogen-bond donors (Lipinski definition) is 1. The van der Waals surface area contributed by atoms with Crippen molar-refractivity contribution in [2.75, 3.05) is 46.6 Å². The van der Waals surface area contributed by atoms with Crippen molar-refractivity contribution in [2.24, 2.45) is 0 Å². The third-order valence-corrected chi connectivity index (χ3v) is 5.79. The first-order chi connectivity index (χ1) is 16.0. The van der Waals surface area contributed by atoms with Crippen LogP contribution in [0.2, 0.25) is 5.02 Å². The van der Waals surface area contributed by atoms with Gasteiger partial charge in [0.2, 0.25) is 0 Å². The second-order valence-corrected chi connectivity index (χ2v) is 8.03. The number of likely N-dealkylation sites (N-methyl/N-ethyl adjacent to an activating group) is 1. The summed E-state index contributed by atoms with van der Waals surface area (Å²) in [6, 6.07) is 16.5. The van der Waals surface area contributed by atoms with Crippen LogP contribution in [0.5, 0.6) is 0 Å². The molecule has 2 aliphatic heterocycles. The number of carbonyl (C=O) groups excluding carboxylic acids is 2. The molecular weight excluding hydrogens is 444 g/mol. The highest BCUT2D eigenvalue weighted by Crippen LogP contribution is 2.45. The molecule has 0 fully saturated rings. The van der Waals surface area contributed by atoms with Crippen LogP contribution in [0, 0.1) is 0 Å². The molecule has 0 spiro atoms. The lowest BCUT2D eigenvalue weighted by molar-refractivity contribution is -0.124. The Morgan fingerprint density at radius 3 is 2.06 bits per heavy atom. The Morgan fingerprint density at radius 2 is 1.39 bits per heavy atom. The number of amides is 2. The molecule has 0 saturated heterocycles. The summed E-state index contributed by atoms with van der Waals surface area (Å²) in [5.41, 5.74) is 3.52. The second kappa shape index (κ2) is 10.3. The van der Waals surface area contributed by atoms with Crippen LogP contribution in [-0.4, -0.2) is 73.3 Å². The minimum atomic E-state index is -0.230. The van der Waals surface area contributed by atoms with Gasteiger partial charge in [0.15, 0.2) is 0 Å². The predicted molar refractivity (Wildman–Crippen MR) is 125 cm³/mol. The predicted octanol–water partition coefficient (Wildman–Crippen LogP) is 2.80. The Bertz CT molecular complexity index is 1100. The summed E-state index contributed by atoms with van der Waals surface area (Å²) in [5, 5.41) is 9.33. The van der Waals surface area contributed by atoms with Gasteiger partial charge in [-0.25, -0.2) is 0 Å². The highest BCUT2D eigenvalue weighted by atomic mass is 35.5. The molecule has 172 valence electrons. The van der Waals surface area contributed by atoms with Crippen molar-refractivity contribution < 1.29 is 24.2 Å². The van der Waals surface area contributed by atoms with Crippen LogP contribution in [-0.2, 0) is 19.1 Å². The summed E-state index contributed by atoms with van der Waals surface area (Å²) < 4.78 is 10.8. The molecule has 2 aromatic rings. The highest BCUT2D eigenvalue weighted by Gasteiger charge is 2.47. The maximum absolute atomic E-state index is 13.6. The van der Waals surface area contributed by atoms with Crippen molar-refractivity contribution in [3.63, 3.8) is 0 Å². The van der Waals surface area contributed by atoms with E-state index in [0.29, 0.717) is 40.8 Å². The highest BCUT2D eigenvalue weighted by molar-refractivity contribution is 6.31. The molecule has 2 aromatic carbocycles. The van der Waals surface area contributed by atoms with Crippen molar-refractivity contribution in [1.29, 1.82) is 0 Å². The zero-order valence-corrected chi connectivity index (χ0v) is 19.0. The van der Waals surface area contributed by atoms with Gasteiger partial charge in [0.05, 0.1) is 55.6 Å². The number of rotatable bonds is 10. The number of hydrogen-bond acceptors (Lipinski definition) is 5. The summed E-state index contributed by atoms with van der Waals surface area (Å²) in [6.07, 6.45) is 0. The van der Waals surface area contributed by atoms with Crippen molar-refractivity contribution in [3.8, 4) is 0 Å². The quantitative estimate of drug-likeness (QED) is 0.542. The molecule has 0 saturated carbocycles. The van der Waals surface area contributed by atoms with E-state index >= 15 is 0 Å². The fourth-order valence-corrected chi connectivity index (χ4v) is 4.19. The lowest BCUT2D eigenvalue weighted by Gasteiger charge is -2.23. The van der Waals surface area contributed by atoms with E-state index in [9.17, 15) is 9.59 Å². The minimum absolute atomic E-state index is 0.0400. The van der Waals surface area contributed by atoms with E-state index < -0.39 is 0 Å². The summed E-state index contributed by atoms with van der Waals surface area (Å²) in [7, 11) is 1.69. The number of benzene rings is 2. The van der Waals surface area contributed by atoms with Crippen LogP contribution in [0.4, 0.5) is 0 Å². The zero-order valence-electron chi connectivity index (χ0n) is 18.3. The van der Waals surface area contributed by atoms with Crippen molar-refractivity contribution in [2.45, 2.75) is 0 Å². The summed E-state index contributed by atoms with van der Waals surface area (Å²) >= 11 is 6.08. The number of carbonyl (C=O) groups is 2. The number of nitrogens with zero attached hydrogens (tertiary/aromatic N) is 2. The fraction of sp³-hybridized carbons (Fsp3) is 0.280. The maximum Gasteiger partial charge on any atom is 0.261 e. The van der Waals surface area contributed by atoms with Gasteiger partial charge < -0.3 is 24.4 Å². The SMILES string of the molecule is CN1C(=O)C2=C(c3ccc(Cl)cc3)N(CCOCCOCCO)C(=O)C2=C1c1ccccc1. The maximum atomic E-state index is 13.6.